The summed E-state index contributed by atoms with van der Waals surface area (Å²) < 4.78 is 24.7. The van der Waals surface area contributed by atoms with Crippen LogP contribution in [0.4, 0.5) is 10.1 Å². The molecule has 1 aromatic heterocycles. The number of halogens is 1. The highest BCUT2D eigenvalue weighted by Gasteiger charge is 2.34. The van der Waals surface area contributed by atoms with E-state index in [1.54, 1.807) is 25.3 Å². The highest BCUT2D eigenvalue weighted by molar-refractivity contribution is 7.10. The quantitative estimate of drug-likeness (QED) is 0.651. The number of fused-ring (bicyclic) bond motifs is 1. The Kier molecular flexibility index (Phi) is 5.90. The van der Waals surface area contributed by atoms with E-state index in [1.165, 1.54) is 41.5 Å². The van der Waals surface area contributed by atoms with Gasteiger partial charge in [0.25, 0.3) is 0 Å². The van der Waals surface area contributed by atoms with Crippen LogP contribution < -0.4 is 14.8 Å². The number of nitrogens with zero attached hydrogens (tertiary/aromatic N) is 1. The van der Waals surface area contributed by atoms with Crippen molar-refractivity contribution >= 4 is 28.8 Å². The first-order valence-electron chi connectivity index (χ1n) is 9.63. The van der Waals surface area contributed by atoms with Crippen molar-refractivity contribution in [2.75, 3.05) is 26.1 Å². The Hall–Kier alpha value is -3.39. The zero-order valence-corrected chi connectivity index (χ0v) is 17.9. The molecule has 1 aliphatic heterocycles. The summed E-state index contributed by atoms with van der Waals surface area (Å²) in [6, 6.07) is 12.6. The number of hydrogen-bond acceptors (Lipinski definition) is 5. The molecule has 0 aliphatic carbocycles. The van der Waals surface area contributed by atoms with Crippen molar-refractivity contribution in [1.82, 2.24) is 4.90 Å². The Morgan fingerprint density at radius 2 is 1.97 bits per heavy atom. The Morgan fingerprint density at radius 3 is 2.68 bits per heavy atom. The summed E-state index contributed by atoms with van der Waals surface area (Å²) in [4.78, 5) is 28.3. The van der Waals surface area contributed by atoms with E-state index in [9.17, 15) is 14.0 Å². The number of methoxy groups -OCH3 is 2. The van der Waals surface area contributed by atoms with Gasteiger partial charge in [-0.15, -0.1) is 11.3 Å². The standard InChI is InChI=1S/C23H21FN2O4S/c1-29-18-8-5-14(10-19(18)30-2)11-22(28)26-13-21(27)25-17-7-6-15(24)12-16(17)23(26)20-4-3-9-31-20/h3-10,12,23H,11,13H2,1-2H3,(H,25,27). The number of benzene rings is 2. The van der Waals surface area contributed by atoms with Crippen molar-refractivity contribution in [3.8, 4) is 11.5 Å². The minimum absolute atomic E-state index is 0.0557. The molecule has 0 fully saturated rings. The van der Waals surface area contributed by atoms with Crippen molar-refractivity contribution in [1.29, 1.82) is 0 Å². The average molecular weight is 440 g/mol. The van der Waals surface area contributed by atoms with Crippen LogP contribution in [0.5, 0.6) is 11.5 Å². The molecule has 160 valence electrons. The molecule has 0 radical (unpaired) electrons. The molecule has 4 rings (SSSR count). The smallest absolute Gasteiger partial charge is 0.244 e. The van der Waals surface area contributed by atoms with E-state index in [0.717, 1.165) is 10.4 Å². The first-order valence-corrected chi connectivity index (χ1v) is 10.5. The lowest BCUT2D eigenvalue weighted by atomic mass is 10.0. The van der Waals surface area contributed by atoms with E-state index in [1.807, 2.05) is 17.5 Å². The van der Waals surface area contributed by atoms with Crippen LogP contribution >= 0.6 is 11.3 Å². The number of carbonyl (C=O) groups excluding carboxylic acids is 2. The lowest BCUT2D eigenvalue weighted by Crippen LogP contribution is -2.39. The lowest BCUT2D eigenvalue weighted by Gasteiger charge is -2.29. The van der Waals surface area contributed by atoms with Gasteiger partial charge >= 0.3 is 0 Å². The molecule has 8 heteroatoms. The zero-order valence-electron chi connectivity index (χ0n) is 17.1. The van der Waals surface area contributed by atoms with Crippen LogP contribution in [0.3, 0.4) is 0 Å². The summed E-state index contributed by atoms with van der Waals surface area (Å²) in [5, 5.41) is 4.69. The van der Waals surface area contributed by atoms with Crippen molar-refractivity contribution in [3.05, 3.63) is 75.7 Å². The van der Waals surface area contributed by atoms with Gasteiger partial charge in [-0.1, -0.05) is 12.1 Å². The molecule has 2 amide bonds. The van der Waals surface area contributed by atoms with E-state index in [4.69, 9.17) is 9.47 Å². The predicted molar refractivity (Wildman–Crippen MR) is 116 cm³/mol. The van der Waals surface area contributed by atoms with Crippen LogP contribution in [0.1, 0.15) is 22.0 Å². The van der Waals surface area contributed by atoms with Crippen LogP contribution in [-0.2, 0) is 16.0 Å². The molecule has 1 N–H and O–H groups in total. The van der Waals surface area contributed by atoms with Crippen LogP contribution in [0.15, 0.2) is 53.9 Å². The van der Waals surface area contributed by atoms with E-state index >= 15 is 0 Å². The van der Waals surface area contributed by atoms with Crippen LogP contribution in [0.2, 0.25) is 0 Å². The molecule has 2 aromatic carbocycles. The monoisotopic (exact) mass is 440 g/mol. The van der Waals surface area contributed by atoms with Gasteiger partial charge < -0.3 is 19.7 Å². The van der Waals surface area contributed by atoms with Crippen LogP contribution in [-0.4, -0.2) is 37.5 Å². The average Bonchev–Trinajstić information content (AvgIpc) is 3.24. The van der Waals surface area contributed by atoms with Crippen molar-refractivity contribution in [3.63, 3.8) is 0 Å². The molecule has 2 heterocycles. The van der Waals surface area contributed by atoms with Gasteiger partial charge in [-0.25, -0.2) is 4.39 Å². The molecule has 1 unspecified atom stereocenters. The first kappa shape index (κ1) is 20.9. The summed E-state index contributed by atoms with van der Waals surface area (Å²) >= 11 is 1.46. The Morgan fingerprint density at radius 1 is 1.16 bits per heavy atom. The molecule has 31 heavy (non-hydrogen) atoms. The fraction of sp³-hybridized carbons (Fsp3) is 0.217. The van der Waals surface area contributed by atoms with Gasteiger partial charge in [0.05, 0.1) is 26.7 Å². The van der Waals surface area contributed by atoms with E-state index in [-0.39, 0.29) is 24.8 Å². The fourth-order valence-corrected chi connectivity index (χ4v) is 4.58. The number of anilines is 1. The van der Waals surface area contributed by atoms with Gasteiger partial charge in [-0.05, 0) is 47.3 Å². The number of nitrogens with one attached hydrogen (secondary N) is 1. The maximum Gasteiger partial charge on any atom is 0.244 e. The van der Waals surface area contributed by atoms with E-state index in [2.05, 4.69) is 5.32 Å². The minimum atomic E-state index is -0.572. The zero-order chi connectivity index (χ0) is 22.0. The lowest BCUT2D eigenvalue weighted by molar-refractivity contribution is -0.135. The molecule has 0 spiro atoms. The number of hydrogen-bond donors (Lipinski definition) is 1. The molecular weight excluding hydrogens is 419 g/mol. The topological polar surface area (TPSA) is 67.9 Å². The third-order valence-corrected chi connectivity index (χ3v) is 6.07. The predicted octanol–water partition coefficient (Wildman–Crippen LogP) is 4.02. The molecule has 3 aromatic rings. The number of ether oxygens (including phenoxy) is 2. The van der Waals surface area contributed by atoms with Gasteiger partial charge in [-0.3, -0.25) is 9.59 Å². The normalized spacial score (nSPS) is 15.6. The Bertz CT molecular complexity index is 1120. The highest BCUT2D eigenvalue weighted by Crippen LogP contribution is 2.38. The summed E-state index contributed by atoms with van der Waals surface area (Å²) in [5.41, 5.74) is 1.77. The molecule has 6 nitrogen and oxygen atoms in total. The Balaban J connectivity index is 1.73. The van der Waals surface area contributed by atoms with Crippen LogP contribution in [0, 0.1) is 5.82 Å². The molecule has 0 saturated heterocycles. The SMILES string of the molecule is COc1ccc(CC(=O)N2CC(=O)Nc3ccc(F)cc3C2c2cccs2)cc1OC. The number of thiophene rings is 1. The fourth-order valence-electron chi connectivity index (χ4n) is 3.73. The number of carbonyl (C=O) groups is 2. The van der Waals surface area contributed by atoms with Gasteiger partial charge in [0.15, 0.2) is 11.5 Å². The van der Waals surface area contributed by atoms with E-state index in [0.29, 0.717) is 22.7 Å². The van der Waals surface area contributed by atoms with Gasteiger partial charge in [-0.2, -0.15) is 0 Å². The molecule has 1 atom stereocenters. The third kappa shape index (κ3) is 4.25. The summed E-state index contributed by atoms with van der Waals surface area (Å²) in [6.07, 6.45) is 0.0557. The maximum atomic E-state index is 14.1. The van der Waals surface area contributed by atoms with Gasteiger partial charge in [0.2, 0.25) is 11.8 Å². The van der Waals surface area contributed by atoms with Crippen LogP contribution in [0.25, 0.3) is 0 Å². The largest absolute Gasteiger partial charge is 0.493 e. The summed E-state index contributed by atoms with van der Waals surface area (Å²) in [6.45, 7) is -0.134. The van der Waals surface area contributed by atoms with E-state index < -0.39 is 11.9 Å². The second kappa shape index (κ2) is 8.77. The number of rotatable bonds is 5. The molecule has 0 saturated carbocycles. The summed E-state index contributed by atoms with van der Waals surface area (Å²) in [5.74, 6) is 0.0755. The maximum absolute atomic E-state index is 14.1. The van der Waals surface area contributed by atoms with Crippen molar-refractivity contribution in [2.24, 2.45) is 0 Å². The molecule has 0 bridgehead atoms. The van der Waals surface area contributed by atoms with Crippen molar-refractivity contribution < 1.29 is 23.5 Å². The first-order chi connectivity index (χ1) is 15.0. The summed E-state index contributed by atoms with van der Waals surface area (Å²) in [7, 11) is 3.07. The Labute approximate surface area is 183 Å². The highest BCUT2D eigenvalue weighted by atomic mass is 32.1. The van der Waals surface area contributed by atoms with Gasteiger partial charge in [0, 0.05) is 16.1 Å². The van der Waals surface area contributed by atoms with Crippen molar-refractivity contribution in [2.45, 2.75) is 12.5 Å². The van der Waals surface area contributed by atoms with Gasteiger partial charge in [0.1, 0.15) is 12.4 Å². The molecule has 1 aliphatic rings. The minimum Gasteiger partial charge on any atom is -0.493 e. The third-order valence-electron chi connectivity index (χ3n) is 5.14. The second-order valence-corrected chi connectivity index (χ2v) is 8.06. The number of amides is 2. The second-order valence-electron chi connectivity index (χ2n) is 7.09. The molecular formula is C23H21FN2O4S.